The number of aromatic nitrogens is 1. The number of ether oxygens (including phenoxy) is 1. The minimum Gasteiger partial charge on any atom is -0.367 e. The monoisotopic (exact) mass is 336 g/mol. The fourth-order valence-electron chi connectivity index (χ4n) is 2.65. The Morgan fingerprint density at radius 2 is 1.76 bits per heavy atom. The maximum absolute atomic E-state index is 12.7. The van der Waals surface area contributed by atoms with Gasteiger partial charge in [-0.15, -0.1) is 0 Å². The first-order valence-electron chi connectivity index (χ1n) is 8.03. The third-order valence-corrected chi connectivity index (χ3v) is 3.96. The lowest BCUT2D eigenvalue weighted by Crippen LogP contribution is -2.32. The molecule has 25 heavy (non-hydrogen) atoms. The number of benzene rings is 2. The second-order valence-electron chi connectivity index (χ2n) is 5.77. The Balaban J connectivity index is 1.70. The lowest BCUT2D eigenvalue weighted by Gasteiger charge is -2.22. The van der Waals surface area contributed by atoms with E-state index < -0.39 is 6.10 Å². The highest BCUT2D eigenvalue weighted by molar-refractivity contribution is 5.82. The van der Waals surface area contributed by atoms with Gasteiger partial charge in [0.1, 0.15) is 5.69 Å². The Morgan fingerprint density at radius 3 is 2.40 bits per heavy atom. The number of likely N-dealkylation sites (N-methyl/N-ethyl adjacent to an activating group) is 1. The molecule has 0 aliphatic heterocycles. The molecule has 2 aromatic carbocycles. The number of amides is 1. The van der Waals surface area contributed by atoms with Crippen LogP contribution in [0.1, 0.15) is 17.4 Å². The standard InChI is InChI=1S/C20H20N2O3/c1-22(20(23)19(24-2)16-11-7-4-8-12-16)14-17-13-18(21-25-17)15-9-5-3-6-10-15/h3-13,19H,14H2,1-2H3. The van der Waals surface area contributed by atoms with Gasteiger partial charge in [0, 0.05) is 25.8 Å². The summed E-state index contributed by atoms with van der Waals surface area (Å²) in [6.07, 6.45) is -0.636. The van der Waals surface area contributed by atoms with E-state index in [9.17, 15) is 4.79 Å². The van der Waals surface area contributed by atoms with E-state index in [4.69, 9.17) is 9.26 Å². The summed E-state index contributed by atoms with van der Waals surface area (Å²) in [5, 5.41) is 4.08. The van der Waals surface area contributed by atoms with Crippen LogP contribution in [0.3, 0.4) is 0 Å². The van der Waals surface area contributed by atoms with Crippen LogP contribution in [0.4, 0.5) is 0 Å². The van der Waals surface area contributed by atoms with E-state index in [1.807, 2.05) is 66.7 Å². The van der Waals surface area contributed by atoms with Gasteiger partial charge in [0.2, 0.25) is 0 Å². The Kier molecular flexibility index (Phi) is 5.26. The van der Waals surface area contributed by atoms with Crippen molar-refractivity contribution in [2.75, 3.05) is 14.2 Å². The van der Waals surface area contributed by atoms with Crippen LogP contribution in [0.25, 0.3) is 11.3 Å². The Labute approximate surface area is 146 Å². The number of carbonyl (C=O) groups excluding carboxylic acids is 1. The molecule has 0 fully saturated rings. The van der Waals surface area contributed by atoms with E-state index in [1.54, 1.807) is 11.9 Å². The normalized spacial score (nSPS) is 11.9. The highest BCUT2D eigenvalue weighted by Gasteiger charge is 2.24. The molecule has 1 atom stereocenters. The topological polar surface area (TPSA) is 55.6 Å². The van der Waals surface area contributed by atoms with Crippen LogP contribution in [0.15, 0.2) is 71.3 Å². The Morgan fingerprint density at radius 1 is 1.12 bits per heavy atom. The van der Waals surface area contributed by atoms with Gasteiger partial charge in [-0.1, -0.05) is 65.8 Å². The summed E-state index contributed by atoms with van der Waals surface area (Å²) >= 11 is 0. The Hall–Kier alpha value is -2.92. The lowest BCUT2D eigenvalue weighted by molar-refractivity contribution is -0.141. The molecule has 0 saturated carbocycles. The molecular formula is C20H20N2O3. The van der Waals surface area contributed by atoms with Gasteiger partial charge in [-0.3, -0.25) is 4.79 Å². The number of rotatable bonds is 6. The highest BCUT2D eigenvalue weighted by atomic mass is 16.5. The van der Waals surface area contributed by atoms with E-state index in [2.05, 4.69) is 5.16 Å². The Bertz CT molecular complexity index is 815. The van der Waals surface area contributed by atoms with E-state index in [1.165, 1.54) is 7.11 Å². The average molecular weight is 336 g/mol. The molecule has 0 spiro atoms. The maximum atomic E-state index is 12.7. The molecule has 1 unspecified atom stereocenters. The SMILES string of the molecule is COC(C(=O)N(C)Cc1cc(-c2ccccc2)no1)c1ccccc1. The van der Waals surface area contributed by atoms with E-state index in [-0.39, 0.29) is 5.91 Å². The van der Waals surface area contributed by atoms with Crippen LogP contribution < -0.4 is 0 Å². The van der Waals surface area contributed by atoms with Gasteiger partial charge in [-0.05, 0) is 5.56 Å². The van der Waals surface area contributed by atoms with Crippen molar-refractivity contribution in [3.8, 4) is 11.3 Å². The second-order valence-corrected chi connectivity index (χ2v) is 5.77. The maximum Gasteiger partial charge on any atom is 0.256 e. The summed E-state index contributed by atoms with van der Waals surface area (Å²) in [4.78, 5) is 14.3. The van der Waals surface area contributed by atoms with E-state index >= 15 is 0 Å². The van der Waals surface area contributed by atoms with Gasteiger partial charge < -0.3 is 14.2 Å². The van der Waals surface area contributed by atoms with Crippen LogP contribution in [-0.4, -0.2) is 30.1 Å². The predicted molar refractivity (Wildman–Crippen MR) is 94.6 cm³/mol. The number of methoxy groups -OCH3 is 1. The minimum absolute atomic E-state index is 0.133. The summed E-state index contributed by atoms with van der Waals surface area (Å²) in [7, 11) is 3.26. The molecule has 128 valence electrons. The fourth-order valence-corrected chi connectivity index (χ4v) is 2.65. The van der Waals surface area contributed by atoms with Crippen molar-refractivity contribution in [1.82, 2.24) is 10.1 Å². The van der Waals surface area contributed by atoms with E-state index in [0.29, 0.717) is 12.3 Å². The van der Waals surface area contributed by atoms with Crippen molar-refractivity contribution in [3.63, 3.8) is 0 Å². The number of carbonyl (C=O) groups is 1. The fraction of sp³-hybridized carbons (Fsp3) is 0.200. The molecular weight excluding hydrogens is 316 g/mol. The summed E-state index contributed by atoms with van der Waals surface area (Å²) in [5.41, 5.74) is 2.55. The van der Waals surface area contributed by atoms with Crippen LogP contribution in [0.5, 0.6) is 0 Å². The zero-order chi connectivity index (χ0) is 17.6. The molecule has 5 heteroatoms. The summed E-state index contributed by atoms with van der Waals surface area (Å²) in [5.74, 6) is 0.490. The molecule has 1 amide bonds. The molecule has 1 heterocycles. The summed E-state index contributed by atoms with van der Waals surface area (Å²) in [6.45, 7) is 0.325. The molecule has 3 rings (SSSR count). The zero-order valence-electron chi connectivity index (χ0n) is 14.3. The van der Waals surface area contributed by atoms with Crippen molar-refractivity contribution in [1.29, 1.82) is 0 Å². The molecule has 0 N–H and O–H groups in total. The van der Waals surface area contributed by atoms with Gasteiger partial charge >= 0.3 is 0 Å². The van der Waals surface area contributed by atoms with Crippen LogP contribution in [-0.2, 0) is 16.1 Å². The largest absolute Gasteiger partial charge is 0.367 e. The quantitative estimate of drug-likeness (QED) is 0.689. The van der Waals surface area contributed by atoms with Gasteiger partial charge in [-0.2, -0.15) is 0 Å². The van der Waals surface area contributed by atoms with Crippen molar-refractivity contribution in [2.24, 2.45) is 0 Å². The molecule has 0 saturated heterocycles. The molecule has 5 nitrogen and oxygen atoms in total. The van der Waals surface area contributed by atoms with Gasteiger partial charge in [0.05, 0.1) is 6.54 Å². The van der Waals surface area contributed by atoms with Crippen molar-refractivity contribution in [3.05, 3.63) is 78.1 Å². The van der Waals surface area contributed by atoms with Crippen molar-refractivity contribution < 1.29 is 14.1 Å². The van der Waals surface area contributed by atoms with E-state index in [0.717, 1.165) is 16.8 Å². The van der Waals surface area contributed by atoms with Crippen LogP contribution in [0, 0.1) is 0 Å². The average Bonchev–Trinajstić information content (AvgIpc) is 3.12. The molecule has 3 aromatic rings. The number of hydrogen-bond acceptors (Lipinski definition) is 4. The first-order valence-corrected chi connectivity index (χ1v) is 8.03. The second kappa shape index (κ2) is 7.77. The van der Waals surface area contributed by atoms with Crippen molar-refractivity contribution >= 4 is 5.91 Å². The van der Waals surface area contributed by atoms with Gasteiger partial charge in [-0.25, -0.2) is 0 Å². The lowest BCUT2D eigenvalue weighted by atomic mass is 10.1. The predicted octanol–water partition coefficient (Wildman–Crippen LogP) is 3.69. The number of nitrogens with zero attached hydrogens (tertiary/aromatic N) is 2. The smallest absolute Gasteiger partial charge is 0.256 e. The van der Waals surface area contributed by atoms with Crippen LogP contribution in [0.2, 0.25) is 0 Å². The first kappa shape index (κ1) is 16.9. The minimum atomic E-state index is -0.636. The third-order valence-electron chi connectivity index (χ3n) is 3.96. The molecule has 1 aromatic heterocycles. The van der Waals surface area contributed by atoms with Crippen LogP contribution >= 0.6 is 0 Å². The molecule has 0 bridgehead atoms. The van der Waals surface area contributed by atoms with Gasteiger partial charge in [0.15, 0.2) is 11.9 Å². The zero-order valence-corrected chi connectivity index (χ0v) is 14.3. The van der Waals surface area contributed by atoms with Crippen molar-refractivity contribution in [2.45, 2.75) is 12.6 Å². The molecule has 0 radical (unpaired) electrons. The first-order chi connectivity index (χ1) is 12.2. The summed E-state index contributed by atoms with van der Waals surface area (Å²) < 4.78 is 10.8. The third kappa shape index (κ3) is 3.95. The van der Waals surface area contributed by atoms with Gasteiger partial charge in [0.25, 0.3) is 5.91 Å². The molecule has 0 aliphatic rings. The summed E-state index contributed by atoms with van der Waals surface area (Å²) in [6, 6.07) is 21.1. The highest BCUT2D eigenvalue weighted by Crippen LogP contribution is 2.22. The molecule has 0 aliphatic carbocycles. The number of hydrogen-bond donors (Lipinski definition) is 0.